The Kier molecular flexibility index (Phi) is 8.17. The van der Waals surface area contributed by atoms with Gasteiger partial charge in [0.05, 0.1) is 38.4 Å². The average molecular weight is 587 g/mol. The summed E-state index contributed by atoms with van der Waals surface area (Å²) in [6, 6.07) is 5.21. The van der Waals surface area contributed by atoms with E-state index in [4.69, 9.17) is 14.2 Å². The highest BCUT2D eigenvalue weighted by Crippen LogP contribution is 2.39. The van der Waals surface area contributed by atoms with Gasteiger partial charge in [-0.2, -0.15) is 5.10 Å². The topological polar surface area (TPSA) is 148 Å². The molecule has 1 aliphatic rings. The molecule has 41 heavy (non-hydrogen) atoms. The third-order valence-electron chi connectivity index (χ3n) is 6.81. The van der Waals surface area contributed by atoms with Gasteiger partial charge in [0, 0.05) is 18.8 Å². The number of benzene rings is 1. The molecule has 0 fully saturated rings. The second-order valence-electron chi connectivity index (χ2n) is 9.43. The quantitative estimate of drug-likeness (QED) is 0.262. The van der Waals surface area contributed by atoms with Gasteiger partial charge < -0.3 is 14.2 Å². The molecule has 1 aliphatic heterocycles. The van der Waals surface area contributed by atoms with Crippen LogP contribution in [0, 0.1) is 5.82 Å². The summed E-state index contributed by atoms with van der Waals surface area (Å²) in [6.07, 6.45) is 4.90. The summed E-state index contributed by atoms with van der Waals surface area (Å²) in [5.74, 6) is 0.485. The molecule has 0 aliphatic carbocycles. The number of methoxy groups -OCH3 is 2. The minimum absolute atomic E-state index is 0.0433. The van der Waals surface area contributed by atoms with E-state index in [0.29, 0.717) is 35.0 Å². The number of aromatic nitrogens is 7. The molecule has 13 nitrogen and oxygen atoms in total. The molecule has 4 aromatic rings. The molecule has 0 amide bonds. The van der Waals surface area contributed by atoms with Gasteiger partial charge in [0.2, 0.25) is 16.0 Å². The van der Waals surface area contributed by atoms with Crippen LogP contribution in [0.3, 0.4) is 0 Å². The summed E-state index contributed by atoms with van der Waals surface area (Å²) in [5, 5.41) is 11.9. The Morgan fingerprint density at radius 1 is 1.10 bits per heavy atom. The van der Waals surface area contributed by atoms with E-state index in [-0.39, 0.29) is 18.4 Å². The fourth-order valence-electron chi connectivity index (χ4n) is 4.76. The van der Waals surface area contributed by atoms with Gasteiger partial charge >= 0.3 is 0 Å². The lowest BCUT2D eigenvalue weighted by molar-refractivity contribution is 0.0465. The second kappa shape index (κ2) is 11.8. The summed E-state index contributed by atoms with van der Waals surface area (Å²) >= 11 is 0. The Morgan fingerprint density at radius 2 is 1.80 bits per heavy atom. The van der Waals surface area contributed by atoms with Crippen LogP contribution in [0.5, 0.6) is 11.5 Å². The number of rotatable bonds is 12. The number of aryl methyl sites for hydroxylation is 1. The molecule has 0 bridgehead atoms. The molecule has 0 saturated carbocycles. The standard InChI is InChI=1S/C26H31FN8O5S/c1-5-12-40-23(24-28-13-17(27)14-29-24)16(2)41(36,37)33-26-32-31-25(18-15-30-34-11-7-8-19(18)34)35(26)22-20(38-3)9-6-10-21(22)39-4/h6,9-10,13-16,23H,5,7-8,11-12H2,1-4H3,(H,32,33)/t16-,23+/m0/s1. The van der Waals surface area contributed by atoms with Crippen LogP contribution in [-0.2, 0) is 27.7 Å². The molecule has 4 heterocycles. The van der Waals surface area contributed by atoms with Crippen molar-refractivity contribution < 1.29 is 27.0 Å². The number of fused-ring (bicyclic) bond motifs is 1. The number of hydrogen-bond acceptors (Lipinski definition) is 10. The Morgan fingerprint density at radius 3 is 2.46 bits per heavy atom. The minimum atomic E-state index is -4.21. The van der Waals surface area contributed by atoms with E-state index >= 15 is 0 Å². The van der Waals surface area contributed by atoms with Crippen molar-refractivity contribution in [2.75, 3.05) is 25.5 Å². The number of sulfonamides is 1. The zero-order valence-corrected chi connectivity index (χ0v) is 23.9. The number of hydrogen-bond donors (Lipinski definition) is 1. The molecule has 1 N–H and O–H groups in total. The zero-order chi connectivity index (χ0) is 29.1. The Labute approximate surface area is 236 Å². The van der Waals surface area contributed by atoms with Gasteiger partial charge in [-0.25, -0.2) is 22.8 Å². The van der Waals surface area contributed by atoms with Crippen molar-refractivity contribution in [1.82, 2.24) is 34.5 Å². The first-order valence-electron chi connectivity index (χ1n) is 13.1. The number of nitrogens with one attached hydrogen (secondary N) is 1. The van der Waals surface area contributed by atoms with Gasteiger partial charge in [-0.15, -0.1) is 10.2 Å². The maximum Gasteiger partial charge on any atom is 0.243 e. The summed E-state index contributed by atoms with van der Waals surface area (Å²) in [4.78, 5) is 7.95. The van der Waals surface area contributed by atoms with E-state index in [9.17, 15) is 12.8 Å². The number of nitrogens with zero attached hydrogens (tertiary/aromatic N) is 7. The van der Waals surface area contributed by atoms with Crippen molar-refractivity contribution in [3.8, 4) is 28.6 Å². The smallest absolute Gasteiger partial charge is 0.243 e. The van der Waals surface area contributed by atoms with Gasteiger partial charge in [-0.05, 0) is 38.3 Å². The van der Waals surface area contributed by atoms with Crippen molar-refractivity contribution in [2.24, 2.45) is 0 Å². The van der Waals surface area contributed by atoms with E-state index in [2.05, 4.69) is 30.0 Å². The van der Waals surface area contributed by atoms with Gasteiger partial charge in [0.1, 0.15) is 28.5 Å². The first-order valence-corrected chi connectivity index (χ1v) is 14.7. The molecule has 2 atom stereocenters. The normalized spacial score (nSPS) is 14.5. The summed E-state index contributed by atoms with van der Waals surface area (Å²) in [6.45, 7) is 4.38. The second-order valence-corrected chi connectivity index (χ2v) is 11.5. The third kappa shape index (κ3) is 5.46. The van der Waals surface area contributed by atoms with Crippen molar-refractivity contribution in [3.05, 3.63) is 54.1 Å². The van der Waals surface area contributed by atoms with E-state index in [1.54, 1.807) is 29.0 Å². The van der Waals surface area contributed by atoms with Gasteiger partial charge in [-0.1, -0.05) is 13.0 Å². The van der Waals surface area contributed by atoms with Gasteiger partial charge in [0.15, 0.2) is 17.5 Å². The van der Waals surface area contributed by atoms with Crippen LogP contribution >= 0.6 is 0 Å². The molecule has 0 spiro atoms. The van der Waals surface area contributed by atoms with E-state index in [1.165, 1.54) is 21.1 Å². The molecule has 0 unspecified atom stereocenters. The fraction of sp³-hybridized carbons (Fsp3) is 0.423. The monoisotopic (exact) mass is 586 g/mol. The van der Waals surface area contributed by atoms with E-state index < -0.39 is 27.2 Å². The van der Waals surface area contributed by atoms with E-state index in [1.807, 2.05) is 11.6 Å². The molecule has 0 saturated heterocycles. The number of ether oxygens (including phenoxy) is 3. The first kappa shape index (κ1) is 28.4. The zero-order valence-electron chi connectivity index (χ0n) is 23.1. The van der Waals surface area contributed by atoms with Crippen LogP contribution in [0.15, 0.2) is 36.8 Å². The third-order valence-corrected chi connectivity index (χ3v) is 8.50. The maximum absolute atomic E-state index is 13.8. The number of para-hydroxylation sites is 1. The van der Waals surface area contributed by atoms with Gasteiger partial charge in [-0.3, -0.25) is 14.0 Å². The molecule has 5 rings (SSSR count). The molecular weight excluding hydrogens is 555 g/mol. The number of halogens is 1. The fourth-order valence-corrected chi connectivity index (χ4v) is 5.85. The van der Waals surface area contributed by atoms with E-state index in [0.717, 1.165) is 37.5 Å². The van der Waals surface area contributed by atoms with Crippen molar-refractivity contribution in [1.29, 1.82) is 0 Å². The minimum Gasteiger partial charge on any atom is -0.494 e. The predicted molar refractivity (Wildman–Crippen MR) is 147 cm³/mol. The molecule has 1 aromatic carbocycles. The summed E-state index contributed by atoms with van der Waals surface area (Å²) in [5.41, 5.74) is 2.09. The summed E-state index contributed by atoms with van der Waals surface area (Å²) in [7, 11) is -1.20. The van der Waals surface area contributed by atoms with Crippen molar-refractivity contribution in [3.63, 3.8) is 0 Å². The highest BCUT2D eigenvalue weighted by Gasteiger charge is 2.36. The van der Waals surface area contributed by atoms with Crippen LogP contribution in [0.1, 0.15) is 44.3 Å². The molecule has 15 heteroatoms. The van der Waals surface area contributed by atoms with Crippen LogP contribution < -0.4 is 14.2 Å². The molecule has 218 valence electrons. The molecule has 0 radical (unpaired) electrons. The van der Waals surface area contributed by atoms with Crippen LogP contribution in [0.25, 0.3) is 17.1 Å². The Balaban J connectivity index is 1.61. The predicted octanol–water partition coefficient (Wildman–Crippen LogP) is 3.32. The lowest BCUT2D eigenvalue weighted by atomic mass is 10.1. The lowest BCUT2D eigenvalue weighted by Gasteiger charge is -2.24. The summed E-state index contributed by atoms with van der Waals surface area (Å²) < 4.78 is 64.4. The van der Waals surface area contributed by atoms with Crippen molar-refractivity contribution in [2.45, 2.75) is 51.0 Å². The largest absolute Gasteiger partial charge is 0.494 e. The molecule has 3 aromatic heterocycles. The van der Waals surface area contributed by atoms with Crippen LogP contribution in [-0.4, -0.2) is 69.0 Å². The molecular formula is C26H31FN8O5S. The SMILES string of the molecule is CCCO[C@@H](c1ncc(F)cn1)[C@H](C)S(=O)(=O)Nc1nnc(-c2cnn3c2CCC3)n1-c1c(OC)cccc1OC. The lowest BCUT2D eigenvalue weighted by Crippen LogP contribution is -2.34. The van der Waals surface area contributed by atoms with Crippen LogP contribution in [0.2, 0.25) is 0 Å². The first-order chi connectivity index (χ1) is 19.8. The van der Waals surface area contributed by atoms with Crippen LogP contribution in [0.4, 0.5) is 10.3 Å². The highest BCUT2D eigenvalue weighted by molar-refractivity contribution is 7.93. The highest BCUT2D eigenvalue weighted by atomic mass is 32.2. The average Bonchev–Trinajstić information content (AvgIpc) is 3.70. The Hall–Kier alpha value is -4.11. The van der Waals surface area contributed by atoms with Crippen molar-refractivity contribution >= 4 is 16.0 Å². The number of anilines is 1. The maximum atomic E-state index is 13.8. The Bertz CT molecular complexity index is 1600. The van der Waals surface area contributed by atoms with Gasteiger partial charge in [0.25, 0.3) is 0 Å².